The van der Waals surface area contributed by atoms with Gasteiger partial charge in [0.1, 0.15) is 5.82 Å². The van der Waals surface area contributed by atoms with Crippen LogP contribution in [0.1, 0.15) is 24.2 Å². The second-order valence-corrected chi connectivity index (χ2v) is 6.16. The summed E-state index contributed by atoms with van der Waals surface area (Å²) in [5.41, 5.74) is 5.95. The van der Waals surface area contributed by atoms with E-state index in [0.717, 1.165) is 12.2 Å². The maximum atomic E-state index is 13.5. The highest BCUT2D eigenvalue weighted by atomic mass is 32.2. The maximum Gasteiger partial charge on any atom is 0.243 e. The van der Waals surface area contributed by atoms with Gasteiger partial charge in [-0.2, -0.15) is 16.7 Å². The van der Waals surface area contributed by atoms with Gasteiger partial charge in [0.15, 0.2) is 5.82 Å². The SMILES string of the molecule is CSCCC(N)c1nc(CSc2ccccc2F)no1. The van der Waals surface area contributed by atoms with E-state index in [9.17, 15) is 4.39 Å². The van der Waals surface area contributed by atoms with Crippen molar-refractivity contribution >= 4 is 23.5 Å². The fraction of sp³-hybridized carbons (Fsp3) is 0.385. The normalized spacial score (nSPS) is 12.6. The second-order valence-electron chi connectivity index (χ2n) is 4.16. The largest absolute Gasteiger partial charge is 0.338 e. The average Bonchev–Trinajstić information content (AvgIpc) is 2.93. The standard InChI is InChI=1S/C13H16FN3OS2/c1-19-7-6-10(15)13-16-12(17-18-13)8-20-11-5-3-2-4-9(11)14/h2-5,10H,6-8,15H2,1H3. The zero-order valence-corrected chi connectivity index (χ0v) is 12.7. The van der Waals surface area contributed by atoms with Crippen molar-refractivity contribution in [3.63, 3.8) is 0 Å². The number of benzene rings is 1. The molecular formula is C13H16FN3OS2. The van der Waals surface area contributed by atoms with E-state index in [1.54, 1.807) is 30.0 Å². The molecule has 0 saturated carbocycles. The van der Waals surface area contributed by atoms with Crippen molar-refractivity contribution in [2.75, 3.05) is 12.0 Å². The number of nitrogens with two attached hydrogens (primary N) is 1. The van der Waals surface area contributed by atoms with Crippen LogP contribution in [-0.2, 0) is 5.75 Å². The van der Waals surface area contributed by atoms with Crippen molar-refractivity contribution in [1.82, 2.24) is 10.1 Å². The van der Waals surface area contributed by atoms with Gasteiger partial charge in [-0.3, -0.25) is 0 Å². The van der Waals surface area contributed by atoms with Crippen LogP contribution < -0.4 is 5.73 Å². The second kappa shape index (κ2) is 7.66. The summed E-state index contributed by atoms with van der Waals surface area (Å²) < 4.78 is 18.6. The van der Waals surface area contributed by atoms with E-state index >= 15 is 0 Å². The highest BCUT2D eigenvalue weighted by molar-refractivity contribution is 7.98. The lowest BCUT2D eigenvalue weighted by Crippen LogP contribution is -2.11. The van der Waals surface area contributed by atoms with Gasteiger partial charge >= 0.3 is 0 Å². The topological polar surface area (TPSA) is 64.9 Å². The van der Waals surface area contributed by atoms with Crippen LogP contribution in [0.4, 0.5) is 4.39 Å². The lowest BCUT2D eigenvalue weighted by atomic mass is 10.2. The Morgan fingerprint density at radius 2 is 2.20 bits per heavy atom. The minimum Gasteiger partial charge on any atom is -0.338 e. The summed E-state index contributed by atoms with van der Waals surface area (Å²) in [7, 11) is 0. The van der Waals surface area contributed by atoms with E-state index in [1.165, 1.54) is 17.8 Å². The summed E-state index contributed by atoms with van der Waals surface area (Å²) in [6.07, 6.45) is 2.82. The Morgan fingerprint density at radius 3 is 2.95 bits per heavy atom. The van der Waals surface area contributed by atoms with Gasteiger partial charge in [-0.15, -0.1) is 11.8 Å². The molecule has 2 aromatic rings. The lowest BCUT2D eigenvalue weighted by Gasteiger charge is -2.03. The molecule has 0 aliphatic heterocycles. The first-order valence-corrected chi connectivity index (χ1v) is 8.53. The molecule has 2 N–H and O–H groups in total. The van der Waals surface area contributed by atoms with E-state index in [1.807, 2.05) is 6.26 Å². The van der Waals surface area contributed by atoms with Crippen molar-refractivity contribution in [3.8, 4) is 0 Å². The summed E-state index contributed by atoms with van der Waals surface area (Å²) in [5, 5.41) is 3.87. The Kier molecular flexibility index (Phi) is 5.87. The van der Waals surface area contributed by atoms with Crippen molar-refractivity contribution < 1.29 is 8.91 Å². The minimum absolute atomic E-state index is 0.234. The van der Waals surface area contributed by atoms with Gasteiger partial charge in [0.2, 0.25) is 5.89 Å². The number of aromatic nitrogens is 2. The van der Waals surface area contributed by atoms with Crippen molar-refractivity contribution in [2.24, 2.45) is 5.73 Å². The maximum absolute atomic E-state index is 13.5. The highest BCUT2D eigenvalue weighted by Crippen LogP contribution is 2.24. The quantitative estimate of drug-likeness (QED) is 0.792. The molecule has 2 rings (SSSR count). The fourth-order valence-corrected chi connectivity index (χ4v) is 2.82. The van der Waals surface area contributed by atoms with Crippen LogP contribution in [0.3, 0.4) is 0 Å². The Hall–Kier alpha value is -1.05. The summed E-state index contributed by atoms with van der Waals surface area (Å²) in [4.78, 5) is 4.83. The third-order valence-corrected chi connectivity index (χ3v) is 4.32. The number of nitrogens with zero attached hydrogens (tertiary/aromatic N) is 2. The Morgan fingerprint density at radius 1 is 1.40 bits per heavy atom. The molecule has 7 heteroatoms. The van der Waals surface area contributed by atoms with Crippen LogP contribution in [0.2, 0.25) is 0 Å². The van der Waals surface area contributed by atoms with Gasteiger partial charge in [0, 0.05) is 4.90 Å². The summed E-state index contributed by atoms with van der Waals surface area (Å²) in [6.45, 7) is 0. The Labute approximate surface area is 125 Å². The van der Waals surface area contributed by atoms with Gasteiger partial charge in [0.25, 0.3) is 0 Å². The molecule has 0 bridgehead atoms. The van der Waals surface area contributed by atoms with E-state index in [-0.39, 0.29) is 11.9 Å². The smallest absolute Gasteiger partial charge is 0.243 e. The van der Waals surface area contributed by atoms with Crippen LogP contribution >= 0.6 is 23.5 Å². The van der Waals surface area contributed by atoms with Crippen LogP contribution in [0.5, 0.6) is 0 Å². The molecule has 20 heavy (non-hydrogen) atoms. The van der Waals surface area contributed by atoms with Crippen LogP contribution in [-0.4, -0.2) is 22.1 Å². The van der Waals surface area contributed by atoms with Crippen molar-refractivity contribution in [1.29, 1.82) is 0 Å². The molecule has 0 aliphatic carbocycles. The highest BCUT2D eigenvalue weighted by Gasteiger charge is 2.14. The Bertz CT molecular complexity index is 550. The number of hydrogen-bond acceptors (Lipinski definition) is 6. The molecule has 108 valence electrons. The molecule has 0 aliphatic rings. The van der Waals surface area contributed by atoms with Gasteiger partial charge in [0.05, 0.1) is 11.8 Å². The molecule has 0 spiro atoms. The van der Waals surface area contributed by atoms with Gasteiger partial charge in [-0.05, 0) is 30.6 Å². The molecule has 0 saturated heterocycles. The third kappa shape index (κ3) is 4.22. The van der Waals surface area contributed by atoms with E-state index in [0.29, 0.717) is 22.4 Å². The summed E-state index contributed by atoms with van der Waals surface area (Å²) >= 11 is 3.06. The number of hydrogen-bond donors (Lipinski definition) is 1. The van der Waals surface area contributed by atoms with Crippen LogP contribution in [0.25, 0.3) is 0 Å². The number of halogens is 1. The zero-order chi connectivity index (χ0) is 14.4. The first-order chi connectivity index (χ1) is 9.70. The first kappa shape index (κ1) is 15.3. The lowest BCUT2D eigenvalue weighted by molar-refractivity contribution is 0.350. The summed E-state index contributed by atoms with van der Waals surface area (Å²) in [5.74, 6) is 2.15. The third-order valence-electron chi connectivity index (χ3n) is 2.63. The molecule has 1 aromatic carbocycles. The number of thioether (sulfide) groups is 2. The van der Waals surface area contributed by atoms with E-state index < -0.39 is 0 Å². The molecular weight excluding hydrogens is 297 g/mol. The fourth-order valence-electron chi connectivity index (χ4n) is 1.55. The molecule has 0 radical (unpaired) electrons. The van der Waals surface area contributed by atoms with Crippen molar-refractivity contribution in [3.05, 3.63) is 41.8 Å². The zero-order valence-electron chi connectivity index (χ0n) is 11.1. The van der Waals surface area contributed by atoms with Crippen LogP contribution in [0, 0.1) is 5.82 Å². The predicted octanol–water partition coefficient (Wildman–Crippen LogP) is 3.25. The molecule has 4 nitrogen and oxygen atoms in total. The molecule has 1 atom stereocenters. The average molecular weight is 313 g/mol. The Balaban J connectivity index is 1.91. The van der Waals surface area contributed by atoms with Crippen LogP contribution in [0.15, 0.2) is 33.7 Å². The van der Waals surface area contributed by atoms with Gasteiger partial charge in [-0.1, -0.05) is 17.3 Å². The van der Waals surface area contributed by atoms with E-state index in [4.69, 9.17) is 10.3 Å². The van der Waals surface area contributed by atoms with Gasteiger partial charge < -0.3 is 10.3 Å². The van der Waals surface area contributed by atoms with Gasteiger partial charge in [-0.25, -0.2) is 4.39 Å². The monoisotopic (exact) mass is 313 g/mol. The molecule has 0 amide bonds. The molecule has 0 fully saturated rings. The molecule has 1 heterocycles. The minimum atomic E-state index is -0.238. The molecule has 1 unspecified atom stereocenters. The summed E-state index contributed by atoms with van der Waals surface area (Å²) in [6, 6.07) is 6.39. The number of rotatable bonds is 7. The first-order valence-electron chi connectivity index (χ1n) is 6.15. The molecule has 1 aromatic heterocycles. The van der Waals surface area contributed by atoms with E-state index in [2.05, 4.69) is 10.1 Å². The predicted molar refractivity (Wildman–Crippen MR) is 80.2 cm³/mol. The van der Waals surface area contributed by atoms with Crippen molar-refractivity contribution in [2.45, 2.75) is 23.1 Å².